The molecule has 0 fully saturated rings. The highest BCUT2D eigenvalue weighted by Gasteiger charge is 2.48. The van der Waals surface area contributed by atoms with E-state index < -0.39 is 72.6 Å². The minimum Gasteiger partial charge on any atom is -0.497 e. The molecular weight excluding hydrogens is 572 g/mol. The summed E-state index contributed by atoms with van der Waals surface area (Å²) >= 11 is 0. The van der Waals surface area contributed by atoms with Crippen molar-refractivity contribution in [3.05, 3.63) is 95.1 Å². The molecule has 0 radical (unpaired) electrons. The first kappa shape index (κ1) is 31.0. The highest BCUT2D eigenvalue weighted by molar-refractivity contribution is 5.81. The van der Waals surface area contributed by atoms with Crippen molar-refractivity contribution >= 4 is 5.97 Å². The second-order valence-corrected chi connectivity index (χ2v) is 8.02. The molecule has 0 heterocycles. The summed E-state index contributed by atoms with van der Waals surface area (Å²) in [5, 5.41) is 0. The lowest BCUT2D eigenvalue weighted by molar-refractivity contribution is -0.164. The summed E-state index contributed by atoms with van der Waals surface area (Å²) in [7, 11) is 1.26. The maximum atomic E-state index is 14.5. The molecule has 0 amide bonds. The second kappa shape index (κ2) is 12.8. The van der Waals surface area contributed by atoms with E-state index in [0.29, 0.717) is 12.1 Å². The van der Waals surface area contributed by atoms with E-state index in [1.165, 1.54) is 19.2 Å². The van der Waals surface area contributed by atoms with Gasteiger partial charge < -0.3 is 23.7 Å². The quantitative estimate of drug-likeness (QED) is 0.101. The first-order valence-corrected chi connectivity index (χ1v) is 11.3. The molecule has 3 aromatic carbocycles. The third-order valence-electron chi connectivity index (χ3n) is 5.34. The first-order chi connectivity index (χ1) is 19.2. The lowest BCUT2D eigenvalue weighted by Gasteiger charge is -2.22. The lowest BCUT2D eigenvalue weighted by Crippen LogP contribution is -2.20. The van der Waals surface area contributed by atoms with Gasteiger partial charge in [0.15, 0.2) is 0 Å². The van der Waals surface area contributed by atoms with E-state index in [2.05, 4.69) is 11.3 Å². The summed E-state index contributed by atoms with van der Waals surface area (Å²) in [6.07, 6.45) is -10.3. The second-order valence-electron chi connectivity index (χ2n) is 8.02. The third-order valence-corrected chi connectivity index (χ3v) is 5.34. The maximum Gasteiger partial charge on any atom is 0.420 e. The van der Waals surface area contributed by atoms with Gasteiger partial charge in [-0.25, -0.2) is 13.6 Å². The van der Waals surface area contributed by atoms with Crippen LogP contribution < -0.4 is 18.9 Å². The lowest BCUT2D eigenvalue weighted by atomic mass is 10.0. The van der Waals surface area contributed by atoms with Crippen molar-refractivity contribution in [2.45, 2.75) is 25.6 Å². The standard InChI is InChI=1S/C27H20F8O6/c1-3-23(36)41-14-40-18-7-5-16(20(29)11-18)13-39-22-9-8-21(24(26(30,31)32)25(22)27(33,34)35)38-12-15-4-6-17(37-2)10-19(15)28/h3-11H,1,12-14H2,2H3. The van der Waals surface area contributed by atoms with Gasteiger partial charge in [-0.3, -0.25) is 0 Å². The number of methoxy groups -OCH3 is 1. The van der Waals surface area contributed by atoms with E-state index in [-0.39, 0.29) is 22.6 Å². The van der Waals surface area contributed by atoms with Crippen LogP contribution in [-0.4, -0.2) is 19.9 Å². The minimum absolute atomic E-state index is 0.107. The van der Waals surface area contributed by atoms with Crippen LogP contribution in [0.15, 0.2) is 61.2 Å². The largest absolute Gasteiger partial charge is 0.497 e. The average molecular weight is 592 g/mol. The van der Waals surface area contributed by atoms with Gasteiger partial charge in [-0.05, 0) is 36.4 Å². The number of benzene rings is 3. The molecule has 6 nitrogen and oxygen atoms in total. The van der Waals surface area contributed by atoms with E-state index in [4.69, 9.17) is 18.9 Å². The van der Waals surface area contributed by atoms with Crippen LogP contribution in [0.25, 0.3) is 0 Å². The van der Waals surface area contributed by atoms with Gasteiger partial charge in [-0.1, -0.05) is 6.58 Å². The van der Waals surface area contributed by atoms with Crippen LogP contribution in [0.1, 0.15) is 22.3 Å². The number of carbonyl (C=O) groups is 1. The number of esters is 1. The average Bonchev–Trinajstić information content (AvgIpc) is 2.90. The van der Waals surface area contributed by atoms with Crippen LogP contribution in [0.2, 0.25) is 0 Å². The number of carbonyl (C=O) groups excluding carboxylic acids is 1. The minimum atomic E-state index is -5.58. The molecule has 0 spiro atoms. The van der Waals surface area contributed by atoms with Crippen molar-refractivity contribution in [3.63, 3.8) is 0 Å². The SMILES string of the molecule is C=CC(=O)OCOc1ccc(COc2ccc(OCc3ccc(OC)cc3F)c(C(F)(F)F)c2C(F)(F)F)c(F)c1. The monoisotopic (exact) mass is 592 g/mol. The fraction of sp³-hybridized carbons (Fsp3) is 0.222. The number of hydrogen-bond acceptors (Lipinski definition) is 6. The molecule has 14 heteroatoms. The van der Waals surface area contributed by atoms with Gasteiger partial charge in [0.1, 0.15) is 59.0 Å². The number of halogens is 8. The van der Waals surface area contributed by atoms with Crippen LogP contribution in [-0.2, 0) is 35.1 Å². The zero-order valence-electron chi connectivity index (χ0n) is 21.0. The van der Waals surface area contributed by atoms with Crippen molar-refractivity contribution in [1.29, 1.82) is 0 Å². The van der Waals surface area contributed by atoms with Gasteiger partial charge in [0.2, 0.25) is 6.79 Å². The Morgan fingerprint density at radius 3 is 1.63 bits per heavy atom. The van der Waals surface area contributed by atoms with E-state index in [0.717, 1.165) is 30.3 Å². The summed E-state index contributed by atoms with van der Waals surface area (Å²) in [6.45, 7) is 0.859. The Kier molecular flexibility index (Phi) is 9.68. The molecule has 0 saturated heterocycles. The van der Waals surface area contributed by atoms with Gasteiger partial charge in [-0.15, -0.1) is 0 Å². The van der Waals surface area contributed by atoms with Gasteiger partial charge in [0.05, 0.1) is 7.11 Å². The smallest absolute Gasteiger partial charge is 0.420 e. The first-order valence-electron chi connectivity index (χ1n) is 11.3. The molecule has 0 aromatic heterocycles. The summed E-state index contributed by atoms with van der Waals surface area (Å²) < 4.78 is 137. The molecular formula is C27H20F8O6. The summed E-state index contributed by atoms with van der Waals surface area (Å²) in [6, 6.07) is 7.57. The Hall–Kier alpha value is -4.49. The van der Waals surface area contributed by atoms with Crippen molar-refractivity contribution in [2.24, 2.45) is 0 Å². The molecule has 3 aromatic rings. The molecule has 3 rings (SSSR count). The summed E-state index contributed by atoms with van der Waals surface area (Å²) in [4.78, 5) is 11.0. The zero-order valence-corrected chi connectivity index (χ0v) is 21.0. The van der Waals surface area contributed by atoms with Crippen LogP contribution in [0.4, 0.5) is 35.1 Å². The molecule has 0 unspecified atom stereocenters. The van der Waals surface area contributed by atoms with Crippen molar-refractivity contribution in [2.75, 3.05) is 13.9 Å². The molecule has 0 saturated carbocycles. The Bertz CT molecular complexity index is 1400. The van der Waals surface area contributed by atoms with Crippen LogP contribution in [0.5, 0.6) is 23.0 Å². The summed E-state index contributed by atoms with van der Waals surface area (Å²) in [5.41, 5.74) is -4.97. The summed E-state index contributed by atoms with van der Waals surface area (Å²) in [5.74, 6) is -5.22. The van der Waals surface area contributed by atoms with E-state index in [1.807, 2.05) is 0 Å². The normalized spacial score (nSPS) is 11.5. The van der Waals surface area contributed by atoms with Crippen molar-refractivity contribution < 1.29 is 63.6 Å². The Labute approximate surface area is 227 Å². The highest BCUT2D eigenvalue weighted by atomic mass is 19.4. The molecule has 41 heavy (non-hydrogen) atoms. The van der Waals surface area contributed by atoms with Crippen LogP contribution >= 0.6 is 0 Å². The molecule has 0 aliphatic carbocycles. The van der Waals surface area contributed by atoms with Crippen LogP contribution in [0, 0.1) is 11.6 Å². The molecule has 0 aliphatic rings. The van der Waals surface area contributed by atoms with Crippen molar-refractivity contribution in [3.8, 4) is 23.0 Å². The molecule has 0 aliphatic heterocycles. The Morgan fingerprint density at radius 2 is 1.22 bits per heavy atom. The maximum absolute atomic E-state index is 14.5. The Balaban J connectivity index is 1.87. The zero-order chi connectivity index (χ0) is 30.4. The number of alkyl halides is 6. The third kappa shape index (κ3) is 8.02. The Morgan fingerprint density at radius 1 is 0.756 bits per heavy atom. The van der Waals surface area contributed by atoms with Gasteiger partial charge in [0.25, 0.3) is 0 Å². The fourth-order valence-corrected chi connectivity index (χ4v) is 3.40. The molecule has 220 valence electrons. The number of rotatable bonds is 11. The van der Waals surface area contributed by atoms with Gasteiger partial charge >= 0.3 is 18.3 Å². The van der Waals surface area contributed by atoms with Gasteiger partial charge in [0, 0.05) is 29.3 Å². The number of ether oxygens (including phenoxy) is 5. The van der Waals surface area contributed by atoms with Crippen LogP contribution in [0.3, 0.4) is 0 Å². The molecule has 0 N–H and O–H groups in total. The van der Waals surface area contributed by atoms with Gasteiger partial charge in [-0.2, -0.15) is 26.3 Å². The topological polar surface area (TPSA) is 63.2 Å². The number of hydrogen-bond donors (Lipinski definition) is 0. The molecule has 0 atom stereocenters. The predicted molar refractivity (Wildman–Crippen MR) is 126 cm³/mol. The van der Waals surface area contributed by atoms with E-state index in [1.54, 1.807) is 0 Å². The van der Waals surface area contributed by atoms with E-state index in [9.17, 15) is 39.9 Å². The highest BCUT2D eigenvalue weighted by Crippen LogP contribution is 2.49. The predicted octanol–water partition coefficient (Wildman–Crippen LogP) is 7.23. The molecule has 0 bridgehead atoms. The fourth-order valence-electron chi connectivity index (χ4n) is 3.40. The van der Waals surface area contributed by atoms with E-state index >= 15 is 0 Å². The van der Waals surface area contributed by atoms with Crippen molar-refractivity contribution in [1.82, 2.24) is 0 Å².